The van der Waals surface area contributed by atoms with E-state index in [0.29, 0.717) is 6.42 Å². The zero-order valence-corrected chi connectivity index (χ0v) is 11.4. The fraction of sp³-hybridized carbons (Fsp3) is 0.385. The van der Waals surface area contributed by atoms with E-state index in [9.17, 15) is 4.79 Å². The van der Waals surface area contributed by atoms with Crippen molar-refractivity contribution < 1.29 is 4.79 Å². The second kappa shape index (κ2) is 4.15. The molecule has 4 heteroatoms. The van der Waals surface area contributed by atoms with Crippen LogP contribution >= 0.6 is 15.9 Å². The van der Waals surface area contributed by atoms with Crippen LogP contribution in [-0.2, 0) is 4.79 Å². The number of anilines is 1. The summed E-state index contributed by atoms with van der Waals surface area (Å²) in [5.41, 5.74) is 0.388. The third-order valence-electron chi connectivity index (χ3n) is 3.28. The van der Waals surface area contributed by atoms with Gasteiger partial charge in [-0.05, 0) is 32.0 Å². The van der Waals surface area contributed by atoms with Crippen molar-refractivity contribution in [2.45, 2.75) is 25.8 Å². The van der Waals surface area contributed by atoms with Crippen molar-refractivity contribution in [3.8, 4) is 6.07 Å². The van der Waals surface area contributed by atoms with E-state index in [2.05, 4.69) is 22.0 Å². The average Bonchev–Trinajstić information content (AvgIpc) is 2.48. The largest absolute Gasteiger partial charge is 0.305 e. The van der Waals surface area contributed by atoms with Gasteiger partial charge in [-0.3, -0.25) is 4.79 Å². The highest BCUT2D eigenvalue weighted by Gasteiger charge is 2.47. The number of nitriles is 1. The SMILES string of the molecule is CC1(C)C(C#N)CC(=O)N1c1cccc(Br)c1. The zero-order valence-electron chi connectivity index (χ0n) is 9.77. The summed E-state index contributed by atoms with van der Waals surface area (Å²) in [5, 5.41) is 9.10. The van der Waals surface area contributed by atoms with E-state index in [4.69, 9.17) is 5.26 Å². The molecule has 3 nitrogen and oxygen atoms in total. The smallest absolute Gasteiger partial charge is 0.228 e. The third kappa shape index (κ3) is 1.96. The number of halogens is 1. The Morgan fingerprint density at radius 1 is 1.53 bits per heavy atom. The number of nitrogens with zero attached hydrogens (tertiary/aromatic N) is 2. The van der Waals surface area contributed by atoms with Crippen LogP contribution in [0.1, 0.15) is 20.3 Å². The molecule has 2 rings (SSSR count). The molecule has 1 amide bonds. The van der Waals surface area contributed by atoms with E-state index < -0.39 is 5.54 Å². The number of carbonyl (C=O) groups excluding carboxylic acids is 1. The van der Waals surface area contributed by atoms with Crippen LogP contribution in [0.3, 0.4) is 0 Å². The molecule has 1 unspecified atom stereocenters. The minimum absolute atomic E-state index is 0.0136. The molecule has 1 aliphatic rings. The number of rotatable bonds is 1. The van der Waals surface area contributed by atoms with Gasteiger partial charge in [-0.25, -0.2) is 0 Å². The molecule has 0 aromatic heterocycles. The Hall–Kier alpha value is -1.34. The molecule has 0 aliphatic carbocycles. The average molecular weight is 293 g/mol. The number of hydrogen-bond acceptors (Lipinski definition) is 2. The second-order valence-corrected chi connectivity index (χ2v) is 5.66. The minimum atomic E-state index is -0.452. The summed E-state index contributed by atoms with van der Waals surface area (Å²) in [5.74, 6) is -0.242. The number of amides is 1. The molecule has 0 N–H and O–H groups in total. The number of hydrogen-bond donors (Lipinski definition) is 0. The lowest BCUT2D eigenvalue weighted by atomic mass is 9.89. The van der Waals surface area contributed by atoms with Crippen molar-refractivity contribution >= 4 is 27.5 Å². The molecule has 0 radical (unpaired) electrons. The van der Waals surface area contributed by atoms with Gasteiger partial charge in [-0.15, -0.1) is 0 Å². The summed E-state index contributed by atoms with van der Waals surface area (Å²) < 4.78 is 0.930. The van der Waals surface area contributed by atoms with Crippen LogP contribution in [0.25, 0.3) is 0 Å². The van der Waals surface area contributed by atoms with Crippen LogP contribution < -0.4 is 4.90 Å². The highest BCUT2D eigenvalue weighted by atomic mass is 79.9. The summed E-state index contributed by atoms with van der Waals surface area (Å²) in [7, 11) is 0. The summed E-state index contributed by atoms with van der Waals surface area (Å²) >= 11 is 3.40. The lowest BCUT2D eigenvalue weighted by Gasteiger charge is -2.33. The molecule has 1 atom stereocenters. The Morgan fingerprint density at radius 3 is 2.76 bits per heavy atom. The van der Waals surface area contributed by atoms with Gasteiger partial charge in [-0.1, -0.05) is 22.0 Å². The van der Waals surface area contributed by atoms with Crippen LogP contribution in [0.4, 0.5) is 5.69 Å². The van der Waals surface area contributed by atoms with E-state index in [1.54, 1.807) is 4.90 Å². The lowest BCUT2D eigenvalue weighted by molar-refractivity contribution is -0.117. The van der Waals surface area contributed by atoms with Crippen LogP contribution in [-0.4, -0.2) is 11.4 Å². The van der Waals surface area contributed by atoms with Crippen LogP contribution in [0, 0.1) is 17.2 Å². The van der Waals surface area contributed by atoms with Gasteiger partial charge in [0.15, 0.2) is 0 Å². The first-order valence-corrected chi connectivity index (χ1v) is 6.24. The van der Waals surface area contributed by atoms with Gasteiger partial charge in [0, 0.05) is 16.6 Å². The van der Waals surface area contributed by atoms with Crippen molar-refractivity contribution in [3.05, 3.63) is 28.7 Å². The summed E-state index contributed by atoms with van der Waals surface area (Å²) in [6, 6.07) is 9.83. The van der Waals surface area contributed by atoms with E-state index in [-0.39, 0.29) is 11.8 Å². The molecule has 0 spiro atoms. The lowest BCUT2D eigenvalue weighted by Crippen LogP contribution is -2.44. The number of benzene rings is 1. The molecule has 1 aromatic rings. The Morgan fingerprint density at radius 2 is 2.24 bits per heavy atom. The van der Waals surface area contributed by atoms with E-state index in [1.807, 2.05) is 38.1 Å². The maximum absolute atomic E-state index is 12.0. The summed E-state index contributed by atoms with van der Waals surface area (Å²) in [6.45, 7) is 3.87. The number of carbonyl (C=O) groups is 1. The van der Waals surface area contributed by atoms with Crippen LogP contribution in [0.2, 0.25) is 0 Å². The molecule has 1 fully saturated rings. The zero-order chi connectivity index (χ0) is 12.6. The van der Waals surface area contributed by atoms with Crippen molar-refractivity contribution in [1.82, 2.24) is 0 Å². The van der Waals surface area contributed by atoms with Gasteiger partial charge in [0.1, 0.15) is 0 Å². The Kier molecular flexibility index (Phi) is 2.96. The van der Waals surface area contributed by atoms with E-state index in [0.717, 1.165) is 10.2 Å². The molecular weight excluding hydrogens is 280 g/mol. The predicted molar refractivity (Wildman–Crippen MR) is 69.4 cm³/mol. The van der Waals surface area contributed by atoms with Crippen molar-refractivity contribution in [2.24, 2.45) is 5.92 Å². The topological polar surface area (TPSA) is 44.1 Å². The molecule has 1 aromatic carbocycles. The van der Waals surface area contributed by atoms with E-state index >= 15 is 0 Å². The highest BCUT2D eigenvalue weighted by Crippen LogP contribution is 2.39. The molecule has 1 aliphatic heterocycles. The van der Waals surface area contributed by atoms with E-state index in [1.165, 1.54) is 0 Å². The van der Waals surface area contributed by atoms with Crippen molar-refractivity contribution in [1.29, 1.82) is 5.26 Å². The van der Waals surface area contributed by atoms with Crippen molar-refractivity contribution in [3.63, 3.8) is 0 Å². The first kappa shape index (κ1) is 12.1. The Labute approximate surface area is 109 Å². The Balaban J connectivity index is 2.46. The molecule has 0 saturated carbocycles. The van der Waals surface area contributed by atoms with Gasteiger partial charge in [0.2, 0.25) is 5.91 Å². The van der Waals surface area contributed by atoms with Crippen molar-refractivity contribution in [2.75, 3.05) is 4.90 Å². The second-order valence-electron chi connectivity index (χ2n) is 4.75. The maximum atomic E-state index is 12.0. The van der Waals surface area contributed by atoms with Gasteiger partial charge < -0.3 is 4.90 Å². The molecule has 88 valence electrons. The predicted octanol–water partition coefficient (Wildman–Crippen LogP) is 3.10. The Bertz CT molecular complexity index is 504. The first-order chi connectivity index (χ1) is 7.96. The standard InChI is InChI=1S/C13H13BrN2O/c1-13(2)9(8-15)6-12(17)16(13)11-5-3-4-10(14)7-11/h3-5,7,9H,6H2,1-2H3. The summed E-state index contributed by atoms with van der Waals surface area (Å²) in [6.07, 6.45) is 0.302. The monoisotopic (exact) mass is 292 g/mol. The molecule has 1 saturated heterocycles. The fourth-order valence-corrected chi connectivity index (χ4v) is 2.68. The molecular formula is C13H13BrN2O. The normalized spacial score (nSPS) is 22.6. The quantitative estimate of drug-likeness (QED) is 0.798. The van der Waals surface area contributed by atoms with Crippen LogP contribution in [0.15, 0.2) is 28.7 Å². The van der Waals surface area contributed by atoms with Gasteiger partial charge in [0.05, 0.1) is 17.5 Å². The fourth-order valence-electron chi connectivity index (χ4n) is 2.29. The maximum Gasteiger partial charge on any atom is 0.228 e. The van der Waals surface area contributed by atoms with Gasteiger partial charge >= 0.3 is 0 Å². The minimum Gasteiger partial charge on any atom is -0.305 e. The van der Waals surface area contributed by atoms with Gasteiger partial charge in [-0.2, -0.15) is 5.26 Å². The molecule has 1 heterocycles. The molecule has 0 bridgehead atoms. The third-order valence-corrected chi connectivity index (χ3v) is 3.77. The highest BCUT2D eigenvalue weighted by molar-refractivity contribution is 9.10. The summed E-state index contributed by atoms with van der Waals surface area (Å²) in [4.78, 5) is 13.8. The van der Waals surface area contributed by atoms with Crippen LogP contribution in [0.5, 0.6) is 0 Å². The first-order valence-electron chi connectivity index (χ1n) is 5.45. The van der Waals surface area contributed by atoms with Gasteiger partial charge in [0.25, 0.3) is 0 Å². The molecule has 17 heavy (non-hydrogen) atoms.